The largest absolute Gasteiger partial charge is 0.490 e. The maximum absolute atomic E-state index is 12.3. The van der Waals surface area contributed by atoms with E-state index in [4.69, 9.17) is 9.15 Å². The molecule has 0 bridgehead atoms. The summed E-state index contributed by atoms with van der Waals surface area (Å²) in [6, 6.07) is 9.82. The molecule has 0 saturated heterocycles. The van der Waals surface area contributed by atoms with Gasteiger partial charge in [0, 0.05) is 11.5 Å². The van der Waals surface area contributed by atoms with Crippen molar-refractivity contribution in [1.29, 1.82) is 0 Å². The number of hydrogen-bond donors (Lipinski definition) is 1. The van der Waals surface area contributed by atoms with E-state index in [1.807, 2.05) is 31.2 Å². The van der Waals surface area contributed by atoms with Crippen molar-refractivity contribution in [2.24, 2.45) is 0 Å². The molecule has 8 heteroatoms. The van der Waals surface area contributed by atoms with Gasteiger partial charge in [-0.15, -0.1) is 0 Å². The zero-order valence-corrected chi connectivity index (χ0v) is 14.5. The van der Waals surface area contributed by atoms with Gasteiger partial charge in [0.1, 0.15) is 5.76 Å². The molecule has 2 heterocycles. The second kappa shape index (κ2) is 6.94. The zero-order chi connectivity index (χ0) is 18.0. The lowest BCUT2D eigenvalue weighted by atomic mass is 10.2. The van der Waals surface area contributed by atoms with E-state index in [2.05, 4.69) is 5.32 Å². The highest BCUT2D eigenvalue weighted by Gasteiger charge is 2.20. The number of ether oxygens (including phenoxy) is 1. The number of nitrogens with zero attached hydrogens (tertiary/aromatic N) is 1. The number of furan rings is 1. The van der Waals surface area contributed by atoms with Crippen LogP contribution in [-0.4, -0.2) is 17.4 Å². The second-order valence-electron chi connectivity index (χ2n) is 5.35. The average Bonchev–Trinajstić information content (AvgIpc) is 3.23. The van der Waals surface area contributed by atoms with Crippen LogP contribution in [-0.2, 0) is 0 Å². The number of hydrogen-bond acceptors (Lipinski definition) is 6. The minimum absolute atomic E-state index is 0.0668. The first kappa shape index (κ1) is 17.0. The summed E-state index contributed by atoms with van der Waals surface area (Å²) in [5.74, 6) is 0.858. The van der Waals surface area contributed by atoms with Gasteiger partial charge in [0.2, 0.25) is 0 Å². The van der Waals surface area contributed by atoms with E-state index in [9.17, 15) is 14.9 Å². The van der Waals surface area contributed by atoms with Crippen LogP contribution < -0.4 is 10.1 Å². The minimum Gasteiger partial charge on any atom is -0.490 e. The molecular weight excluding hydrogens is 344 g/mol. The van der Waals surface area contributed by atoms with Gasteiger partial charge in [-0.05, 0) is 32.0 Å². The van der Waals surface area contributed by atoms with Gasteiger partial charge in [-0.2, -0.15) is 0 Å². The van der Waals surface area contributed by atoms with Crippen molar-refractivity contribution in [3.8, 4) is 5.75 Å². The van der Waals surface area contributed by atoms with Crippen LogP contribution in [0.25, 0.3) is 11.0 Å². The van der Waals surface area contributed by atoms with Crippen LogP contribution in [0, 0.1) is 10.1 Å². The molecule has 1 N–H and O–H groups in total. The Morgan fingerprint density at radius 3 is 2.88 bits per heavy atom. The molecule has 0 aliphatic carbocycles. The van der Waals surface area contributed by atoms with Crippen LogP contribution in [0.1, 0.15) is 35.3 Å². The Morgan fingerprint density at radius 2 is 2.20 bits per heavy atom. The van der Waals surface area contributed by atoms with Crippen molar-refractivity contribution in [3.05, 3.63) is 57.1 Å². The number of amides is 1. The van der Waals surface area contributed by atoms with Crippen molar-refractivity contribution < 1.29 is 18.9 Å². The first-order valence-electron chi connectivity index (χ1n) is 7.70. The van der Waals surface area contributed by atoms with Crippen LogP contribution in [0.3, 0.4) is 0 Å². The fourth-order valence-corrected chi connectivity index (χ4v) is 3.15. The smallest absolute Gasteiger partial charge is 0.324 e. The monoisotopic (exact) mass is 360 g/mol. The Bertz CT molecular complexity index is 930. The van der Waals surface area contributed by atoms with Crippen molar-refractivity contribution >= 4 is 33.2 Å². The van der Waals surface area contributed by atoms with E-state index in [1.165, 1.54) is 12.1 Å². The number of fused-ring (bicyclic) bond motifs is 1. The SMILES string of the molecule is CCOc1cccc2cc(C(C)NC(=O)c3ccc([N+](=O)[O-])s3)oc12. The topological polar surface area (TPSA) is 94.6 Å². The summed E-state index contributed by atoms with van der Waals surface area (Å²) in [5.41, 5.74) is 0.632. The first-order chi connectivity index (χ1) is 12.0. The molecule has 3 rings (SSSR count). The number of rotatable bonds is 6. The lowest BCUT2D eigenvalue weighted by molar-refractivity contribution is -0.380. The van der Waals surface area contributed by atoms with Gasteiger partial charge in [-0.1, -0.05) is 23.5 Å². The molecule has 0 fully saturated rings. The highest BCUT2D eigenvalue weighted by atomic mass is 32.1. The molecule has 1 atom stereocenters. The van der Waals surface area contributed by atoms with E-state index >= 15 is 0 Å². The number of carbonyl (C=O) groups excluding carboxylic acids is 1. The van der Waals surface area contributed by atoms with Crippen molar-refractivity contribution in [2.75, 3.05) is 6.61 Å². The molecule has 0 aliphatic rings. The zero-order valence-electron chi connectivity index (χ0n) is 13.6. The van der Waals surface area contributed by atoms with Crippen molar-refractivity contribution in [2.45, 2.75) is 19.9 Å². The second-order valence-corrected chi connectivity index (χ2v) is 6.41. The van der Waals surface area contributed by atoms with E-state index in [-0.39, 0.29) is 15.8 Å². The van der Waals surface area contributed by atoms with Crippen molar-refractivity contribution in [1.82, 2.24) is 5.32 Å². The van der Waals surface area contributed by atoms with Crippen LogP contribution in [0.15, 0.2) is 40.8 Å². The van der Waals surface area contributed by atoms with Gasteiger partial charge in [-0.3, -0.25) is 14.9 Å². The number of thiophene rings is 1. The van der Waals surface area contributed by atoms with Gasteiger partial charge in [0.25, 0.3) is 5.91 Å². The third kappa shape index (κ3) is 3.48. The number of nitro groups is 1. The number of benzene rings is 1. The fraction of sp³-hybridized carbons (Fsp3) is 0.235. The lowest BCUT2D eigenvalue weighted by Gasteiger charge is -2.10. The molecule has 25 heavy (non-hydrogen) atoms. The molecule has 7 nitrogen and oxygen atoms in total. The highest BCUT2D eigenvalue weighted by molar-refractivity contribution is 7.17. The molecule has 1 amide bonds. The lowest BCUT2D eigenvalue weighted by Crippen LogP contribution is -2.25. The molecule has 0 radical (unpaired) electrons. The number of nitrogens with one attached hydrogen (secondary N) is 1. The Labute approximate surface area is 147 Å². The Hall–Kier alpha value is -2.87. The van der Waals surface area contributed by atoms with E-state index in [0.717, 1.165) is 16.7 Å². The van der Waals surface area contributed by atoms with E-state index in [0.29, 0.717) is 23.7 Å². The Kier molecular flexibility index (Phi) is 4.71. The Balaban J connectivity index is 1.79. The minimum atomic E-state index is -0.515. The molecule has 2 aromatic heterocycles. The summed E-state index contributed by atoms with van der Waals surface area (Å²) in [7, 11) is 0. The highest BCUT2D eigenvalue weighted by Crippen LogP contribution is 2.31. The summed E-state index contributed by atoms with van der Waals surface area (Å²) in [6.45, 7) is 4.21. The number of carbonyl (C=O) groups is 1. The summed E-state index contributed by atoms with van der Waals surface area (Å²) in [4.78, 5) is 22.7. The third-order valence-corrected chi connectivity index (χ3v) is 4.63. The third-order valence-electron chi connectivity index (χ3n) is 3.60. The maximum atomic E-state index is 12.3. The summed E-state index contributed by atoms with van der Waals surface area (Å²) in [6.07, 6.45) is 0. The molecule has 0 saturated carbocycles. The van der Waals surface area contributed by atoms with Crippen LogP contribution in [0.2, 0.25) is 0 Å². The molecule has 130 valence electrons. The van der Waals surface area contributed by atoms with Crippen LogP contribution in [0.4, 0.5) is 5.00 Å². The molecule has 0 aliphatic heterocycles. The van der Waals surface area contributed by atoms with Gasteiger partial charge in [0.05, 0.1) is 22.4 Å². The molecule has 3 aromatic rings. The predicted octanol–water partition coefficient (Wildman–Crippen LogP) is 4.29. The molecule has 0 spiro atoms. The maximum Gasteiger partial charge on any atom is 0.324 e. The first-order valence-corrected chi connectivity index (χ1v) is 8.51. The van der Waals surface area contributed by atoms with Crippen LogP contribution in [0.5, 0.6) is 5.75 Å². The number of para-hydroxylation sites is 1. The van der Waals surface area contributed by atoms with Crippen molar-refractivity contribution in [3.63, 3.8) is 0 Å². The predicted molar refractivity (Wildman–Crippen MR) is 94.2 cm³/mol. The quantitative estimate of drug-likeness (QED) is 0.522. The summed E-state index contributed by atoms with van der Waals surface area (Å²) < 4.78 is 11.4. The van der Waals surface area contributed by atoms with Gasteiger partial charge in [-0.25, -0.2) is 0 Å². The summed E-state index contributed by atoms with van der Waals surface area (Å²) >= 11 is 0.839. The van der Waals surface area contributed by atoms with E-state index in [1.54, 1.807) is 6.92 Å². The van der Waals surface area contributed by atoms with Gasteiger partial charge >= 0.3 is 5.00 Å². The molecule has 1 aromatic carbocycles. The fourth-order valence-electron chi connectivity index (χ4n) is 2.43. The van der Waals surface area contributed by atoms with Gasteiger partial charge < -0.3 is 14.5 Å². The van der Waals surface area contributed by atoms with Crippen LogP contribution >= 0.6 is 11.3 Å². The summed E-state index contributed by atoms with van der Waals surface area (Å²) in [5, 5.41) is 14.3. The molecule has 1 unspecified atom stereocenters. The van der Waals surface area contributed by atoms with E-state index < -0.39 is 11.0 Å². The standard InChI is InChI=1S/C17H16N2O5S/c1-3-23-12-6-4-5-11-9-13(24-16(11)12)10(2)18-17(20)14-7-8-15(25-14)19(21)22/h4-10H,3H2,1-2H3,(H,18,20). The molecular formula is C17H16N2O5S. The average molecular weight is 360 g/mol. The normalized spacial score (nSPS) is 12.1. The Morgan fingerprint density at radius 1 is 1.40 bits per heavy atom. The van der Waals surface area contributed by atoms with Gasteiger partial charge in [0.15, 0.2) is 11.3 Å².